The Kier molecular flexibility index (Phi) is 6.61. The summed E-state index contributed by atoms with van der Waals surface area (Å²) in [4.78, 5) is 0. The van der Waals surface area contributed by atoms with Gasteiger partial charge < -0.3 is 14.6 Å². The molecule has 0 aromatic rings. The Morgan fingerprint density at radius 3 is 2.12 bits per heavy atom. The Labute approximate surface area is 119 Å². The highest BCUT2D eigenvalue weighted by Gasteiger charge is 2.31. The summed E-state index contributed by atoms with van der Waals surface area (Å²) in [5.74, 6) is 0.622. The lowest BCUT2D eigenvalue weighted by Crippen LogP contribution is -2.38. The minimum atomic E-state index is 0.0582. The molecule has 0 amide bonds. The first-order chi connectivity index (χ1) is 8.36. The molecule has 1 aliphatic carbocycles. The van der Waals surface area contributed by atoms with Crippen molar-refractivity contribution < 1.29 is 9.31 Å². The number of rotatable bonds is 1. The molecule has 1 saturated heterocycles. The first kappa shape index (κ1) is 14.1. The topological polar surface area (TPSA) is 30.5 Å². The zero-order valence-corrected chi connectivity index (χ0v) is 12.7. The Morgan fingerprint density at radius 1 is 0.941 bits per heavy atom. The van der Waals surface area contributed by atoms with Gasteiger partial charge >= 0.3 is 7.12 Å². The van der Waals surface area contributed by atoms with E-state index in [9.17, 15) is 0 Å². The van der Waals surface area contributed by atoms with Crippen molar-refractivity contribution in [2.24, 2.45) is 0 Å². The maximum Gasteiger partial charge on any atom is 0.460 e. The van der Waals surface area contributed by atoms with Crippen molar-refractivity contribution in [3.8, 4) is 0 Å². The fourth-order valence-corrected chi connectivity index (χ4v) is 3.58. The third kappa shape index (κ3) is 5.05. The fourth-order valence-electron chi connectivity index (χ4n) is 2.70. The molecule has 0 aromatic carbocycles. The Bertz CT molecular complexity index is 203. The largest absolute Gasteiger partial charge is 0.460 e. The maximum atomic E-state index is 5.86. The van der Waals surface area contributed by atoms with Crippen LogP contribution in [0.3, 0.4) is 0 Å². The number of hydrogen-bond donors (Lipinski definition) is 1. The van der Waals surface area contributed by atoms with Crippen molar-refractivity contribution >= 4 is 29.7 Å². The van der Waals surface area contributed by atoms with Crippen molar-refractivity contribution in [2.75, 3.05) is 26.3 Å². The smallest absolute Gasteiger partial charge is 0.410 e. The van der Waals surface area contributed by atoms with E-state index in [1.807, 2.05) is 0 Å². The van der Waals surface area contributed by atoms with Gasteiger partial charge in [-0.1, -0.05) is 48.3 Å². The summed E-state index contributed by atoms with van der Waals surface area (Å²) in [6.45, 7) is 3.50. The van der Waals surface area contributed by atoms with Crippen LogP contribution in [0.15, 0.2) is 0 Å². The molecular weight excluding hydrogens is 328 g/mol. The minimum Gasteiger partial charge on any atom is -0.410 e. The van der Waals surface area contributed by atoms with Gasteiger partial charge in [-0.15, -0.1) is 0 Å². The van der Waals surface area contributed by atoms with Gasteiger partial charge in [0.25, 0.3) is 0 Å². The van der Waals surface area contributed by atoms with E-state index in [1.54, 1.807) is 0 Å². The van der Waals surface area contributed by atoms with Crippen LogP contribution in [0.1, 0.15) is 38.5 Å². The molecule has 0 bridgehead atoms. The molecule has 1 heterocycles. The predicted octanol–water partition coefficient (Wildman–Crippen LogP) is 2.64. The highest BCUT2D eigenvalue weighted by atomic mass is 127. The quantitative estimate of drug-likeness (QED) is 0.448. The van der Waals surface area contributed by atoms with Gasteiger partial charge in [0.2, 0.25) is 0 Å². The van der Waals surface area contributed by atoms with E-state index < -0.39 is 0 Å². The molecule has 5 heteroatoms. The van der Waals surface area contributed by atoms with Crippen molar-refractivity contribution in [1.82, 2.24) is 5.32 Å². The SMILES string of the molecule is IC1CCCC(B2OCCNCCO2)CCC1. The third-order valence-electron chi connectivity index (χ3n) is 3.69. The standard InChI is InChI=1S/C12H23BINO2/c14-12-5-1-3-11(4-2-6-12)13-16-9-7-15-8-10-17-13/h11-12,15H,1-10H2. The Hall–Kier alpha value is 0.675. The summed E-state index contributed by atoms with van der Waals surface area (Å²) in [5.41, 5.74) is 0. The molecule has 1 saturated carbocycles. The lowest BCUT2D eigenvalue weighted by molar-refractivity contribution is 0.165. The van der Waals surface area contributed by atoms with Crippen LogP contribution in [0, 0.1) is 0 Å². The molecular formula is C12H23BINO2. The molecule has 2 rings (SSSR count). The van der Waals surface area contributed by atoms with Gasteiger partial charge in [0.1, 0.15) is 0 Å². The highest BCUT2D eigenvalue weighted by Crippen LogP contribution is 2.32. The molecule has 0 spiro atoms. The van der Waals surface area contributed by atoms with Crippen LogP contribution in [0.4, 0.5) is 0 Å². The minimum absolute atomic E-state index is 0.0582. The van der Waals surface area contributed by atoms with E-state index in [1.165, 1.54) is 38.5 Å². The van der Waals surface area contributed by atoms with Gasteiger partial charge in [0.05, 0.1) is 0 Å². The average Bonchev–Trinajstić information content (AvgIpc) is 2.23. The predicted molar refractivity (Wildman–Crippen MR) is 79.8 cm³/mol. The molecule has 1 N–H and O–H groups in total. The van der Waals surface area contributed by atoms with Crippen LogP contribution in [0.25, 0.3) is 0 Å². The average molecular weight is 351 g/mol. The molecule has 2 aliphatic rings. The molecule has 0 radical (unpaired) electrons. The molecule has 1 aliphatic heterocycles. The second-order valence-corrected chi connectivity index (χ2v) is 6.84. The normalized spacial score (nSPS) is 33.4. The summed E-state index contributed by atoms with van der Waals surface area (Å²) in [6, 6.07) is 0. The van der Waals surface area contributed by atoms with E-state index in [2.05, 4.69) is 27.9 Å². The second-order valence-electron chi connectivity index (χ2n) is 5.08. The van der Waals surface area contributed by atoms with E-state index in [0.29, 0.717) is 5.82 Å². The van der Waals surface area contributed by atoms with Crippen molar-refractivity contribution in [1.29, 1.82) is 0 Å². The van der Waals surface area contributed by atoms with E-state index in [-0.39, 0.29) is 7.12 Å². The second kappa shape index (κ2) is 7.97. The number of alkyl halides is 1. The van der Waals surface area contributed by atoms with Gasteiger partial charge in [-0.05, 0) is 18.7 Å². The first-order valence-corrected chi connectivity index (χ1v) is 8.19. The van der Waals surface area contributed by atoms with Gasteiger partial charge in [0.15, 0.2) is 0 Å². The van der Waals surface area contributed by atoms with Gasteiger partial charge in [0, 0.05) is 30.2 Å². The number of nitrogens with one attached hydrogen (secondary N) is 1. The molecule has 98 valence electrons. The maximum absolute atomic E-state index is 5.86. The molecule has 17 heavy (non-hydrogen) atoms. The summed E-state index contributed by atoms with van der Waals surface area (Å²) in [7, 11) is 0.0582. The number of hydrogen-bond acceptors (Lipinski definition) is 3. The van der Waals surface area contributed by atoms with Crippen LogP contribution in [-0.2, 0) is 9.31 Å². The summed E-state index contributed by atoms with van der Waals surface area (Å²) in [5, 5.41) is 3.29. The number of halogens is 1. The first-order valence-electron chi connectivity index (χ1n) is 6.94. The fraction of sp³-hybridized carbons (Fsp3) is 1.00. The lowest BCUT2D eigenvalue weighted by Gasteiger charge is -2.27. The molecule has 3 nitrogen and oxygen atoms in total. The summed E-state index contributed by atoms with van der Waals surface area (Å²) in [6.07, 6.45) is 7.95. The van der Waals surface area contributed by atoms with Crippen LogP contribution in [0.2, 0.25) is 5.82 Å². The van der Waals surface area contributed by atoms with Gasteiger partial charge in [-0.25, -0.2) is 0 Å². The van der Waals surface area contributed by atoms with Crippen LogP contribution in [-0.4, -0.2) is 37.3 Å². The zero-order valence-electron chi connectivity index (χ0n) is 10.5. The van der Waals surface area contributed by atoms with E-state index >= 15 is 0 Å². The molecule has 0 unspecified atom stereocenters. The van der Waals surface area contributed by atoms with Crippen molar-refractivity contribution in [2.45, 2.75) is 48.3 Å². The van der Waals surface area contributed by atoms with E-state index in [0.717, 1.165) is 30.2 Å². The summed E-state index contributed by atoms with van der Waals surface area (Å²) < 4.78 is 12.6. The van der Waals surface area contributed by atoms with Crippen LogP contribution >= 0.6 is 22.6 Å². The zero-order chi connectivity index (χ0) is 11.9. The van der Waals surface area contributed by atoms with Crippen molar-refractivity contribution in [3.63, 3.8) is 0 Å². The molecule has 2 fully saturated rings. The van der Waals surface area contributed by atoms with Crippen LogP contribution < -0.4 is 5.32 Å². The monoisotopic (exact) mass is 351 g/mol. The van der Waals surface area contributed by atoms with Crippen molar-refractivity contribution in [3.05, 3.63) is 0 Å². The third-order valence-corrected chi connectivity index (χ3v) is 4.94. The highest BCUT2D eigenvalue weighted by molar-refractivity contribution is 14.1. The van der Waals surface area contributed by atoms with Gasteiger partial charge in [-0.3, -0.25) is 0 Å². The Balaban J connectivity index is 1.81. The molecule has 0 aromatic heterocycles. The Morgan fingerprint density at radius 2 is 1.53 bits per heavy atom. The van der Waals surface area contributed by atoms with Crippen LogP contribution in [0.5, 0.6) is 0 Å². The molecule has 0 atom stereocenters. The van der Waals surface area contributed by atoms with E-state index in [4.69, 9.17) is 9.31 Å². The van der Waals surface area contributed by atoms with Gasteiger partial charge in [-0.2, -0.15) is 0 Å². The lowest BCUT2D eigenvalue weighted by atomic mass is 9.65. The summed E-state index contributed by atoms with van der Waals surface area (Å²) >= 11 is 2.60.